The zero-order chi connectivity index (χ0) is 23.1. The third kappa shape index (κ3) is 5.46. The second-order valence-electron chi connectivity index (χ2n) is 7.41. The quantitative estimate of drug-likeness (QED) is 0.439. The molecule has 32 heavy (non-hydrogen) atoms. The Morgan fingerprint density at radius 1 is 0.875 bits per heavy atom. The molecule has 0 atom stereocenters. The highest BCUT2D eigenvalue weighted by Crippen LogP contribution is 2.29. The van der Waals surface area contributed by atoms with Gasteiger partial charge < -0.3 is 14.2 Å². The van der Waals surface area contributed by atoms with E-state index in [0.29, 0.717) is 24.4 Å². The van der Waals surface area contributed by atoms with Crippen molar-refractivity contribution in [3.63, 3.8) is 0 Å². The number of Topliss-reactive ketones (excluding diaryl/α,β-unsaturated/α-hetero) is 1. The Balaban J connectivity index is 1.76. The predicted molar refractivity (Wildman–Crippen MR) is 118 cm³/mol. The summed E-state index contributed by atoms with van der Waals surface area (Å²) in [7, 11) is -0.943. The molecular weight excluding hydrogens is 434 g/mol. The van der Waals surface area contributed by atoms with Crippen molar-refractivity contribution < 1.29 is 32.2 Å². The van der Waals surface area contributed by atoms with Crippen molar-refractivity contribution in [3.8, 4) is 11.5 Å². The number of rotatable bonds is 8. The van der Waals surface area contributed by atoms with Crippen molar-refractivity contribution in [2.75, 3.05) is 33.9 Å². The van der Waals surface area contributed by atoms with Crippen molar-refractivity contribution in [1.82, 2.24) is 4.31 Å². The van der Waals surface area contributed by atoms with Crippen LogP contribution in [0.4, 0.5) is 0 Å². The molecule has 172 valence electrons. The van der Waals surface area contributed by atoms with Crippen molar-refractivity contribution >= 4 is 21.8 Å². The summed E-state index contributed by atoms with van der Waals surface area (Å²) in [6, 6.07) is 10.5. The first-order chi connectivity index (χ1) is 15.4. The first-order valence-electron chi connectivity index (χ1n) is 10.4. The third-order valence-electron chi connectivity index (χ3n) is 5.33. The largest absolute Gasteiger partial charge is 0.497 e. The molecule has 0 saturated carbocycles. The normalized spacial score (nSPS) is 14.9. The lowest BCUT2D eigenvalue weighted by Gasteiger charge is -2.21. The molecule has 2 aromatic carbocycles. The van der Waals surface area contributed by atoms with Crippen LogP contribution in [0.1, 0.15) is 46.4 Å². The number of nitrogens with zero attached hydrogens (tertiary/aromatic N) is 1. The summed E-state index contributed by atoms with van der Waals surface area (Å²) in [6.45, 7) is 0.387. The van der Waals surface area contributed by atoms with E-state index >= 15 is 0 Å². The Bertz CT molecular complexity index is 1060. The first-order valence-corrected chi connectivity index (χ1v) is 11.8. The first kappa shape index (κ1) is 23.7. The number of sulfonamides is 1. The molecule has 1 aliphatic rings. The fraction of sp³-hybridized carbons (Fsp3) is 0.391. The molecule has 1 saturated heterocycles. The topological polar surface area (TPSA) is 99.2 Å². The van der Waals surface area contributed by atoms with Gasteiger partial charge in [0.15, 0.2) is 12.4 Å². The van der Waals surface area contributed by atoms with Gasteiger partial charge in [0.25, 0.3) is 0 Å². The van der Waals surface area contributed by atoms with Crippen LogP contribution in [-0.4, -0.2) is 58.4 Å². The number of carbonyl (C=O) groups is 2. The maximum absolute atomic E-state index is 13.2. The highest BCUT2D eigenvalue weighted by Gasteiger charge is 2.29. The molecule has 0 amide bonds. The molecule has 0 unspecified atom stereocenters. The monoisotopic (exact) mass is 461 g/mol. The van der Waals surface area contributed by atoms with Crippen molar-refractivity contribution in [1.29, 1.82) is 0 Å². The van der Waals surface area contributed by atoms with E-state index in [9.17, 15) is 18.0 Å². The van der Waals surface area contributed by atoms with Crippen LogP contribution < -0.4 is 9.47 Å². The highest BCUT2D eigenvalue weighted by atomic mass is 32.2. The van der Waals surface area contributed by atoms with Crippen LogP contribution in [-0.2, 0) is 14.8 Å². The summed E-state index contributed by atoms with van der Waals surface area (Å²) in [5, 5.41) is 0. The molecule has 1 aliphatic heterocycles. The summed E-state index contributed by atoms with van der Waals surface area (Å²) < 4.78 is 43.3. The number of ether oxygens (including phenoxy) is 3. The van der Waals surface area contributed by atoms with Crippen molar-refractivity contribution in [2.24, 2.45) is 0 Å². The lowest BCUT2D eigenvalue weighted by Crippen LogP contribution is -2.32. The summed E-state index contributed by atoms with van der Waals surface area (Å²) >= 11 is 0. The predicted octanol–water partition coefficient (Wildman–Crippen LogP) is 3.31. The number of hydrogen-bond donors (Lipinski definition) is 0. The molecule has 0 radical (unpaired) electrons. The van der Waals surface area contributed by atoms with Crippen molar-refractivity contribution in [2.45, 2.75) is 30.6 Å². The van der Waals surface area contributed by atoms with Crippen LogP contribution in [0.15, 0.2) is 47.4 Å². The van der Waals surface area contributed by atoms with Gasteiger partial charge in [0.2, 0.25) is 10.0 Å². The minimum absolute atomic E-state index is 0.0294. The molecule has 9 heteroatoms. The van der Waals surface area contributed by atoms with Crippen LogP contribution >= 0.6 is 0 Å². The zero-order valence-corrected chi connectivity index (χ0v) is 19.0. The van der Waals surface area contributed by atoms with E-state index in [0.717, 1.165) is 25.7 Å². The Morgan fingerprint density at radius 2 is 1.50 bits per heavy atom. The number of methoxy groups -OCH3 is 2. The van der Waals surface area contributed by atoms with E-state index in [1.165, 1.54) is 36.7 Å². The lowest BCUT2D eigenvalue weighted by atomic mass is 10.1. The minimum Gasteiger partial charge on any atom is -0.497 e. The fourth-order valence-corrected chi connectivity index (χ4v) is 5.20. The molecule has 1 fully saturated rings. The molecule has 0 aliphatic carbocycles. The second-order valence-corrected chi connectivity index (χ2v) is 9.32. The molecular formula is C23H27NO7S. The summed E-state index contributed by atoms with van der Waals surface area (Å²) in [5.41, 5.74) is 0.402. The van der Waals surface area contributed by atoms with Gasteiger partial charge in [-0.3, -0.25) is 4.79 Å². The van der Waals surface area contributed by atoms with Gasteiger partial charge in [-0.2, -0.15) is 4.31 Å². The number of hydrogen-bond acceptors (Lipinski definition) is 7. The van der Waals surface area contributed by atoms with Gasteiger partial charge in [-0.1, -0.05) is 12.8 Å². The fourth-order valence-electron chi connectivity index (χ4n) is 3.50. The minimum atomic E-state index is -3.84. The summed E-state index contributed by atoms with van der Waals surface area (Å²) in [6.07, 6.45) is 3.54. The molecule has 0 aromatic heterocycles. The Kier molecular flexibility index (Phi) is 7.87. The molecule has 0 bridgehead atoms. The van der Waals surface area contributed by atoms with Gasteiger partial charge >= 0.3 is 5.97 Å². The lowest BCUT2D eigenvalue weighted by molar-refractivity contribution is 0.0474. The number of benzene rings is 2. The standard InChI is InChI=1S/C23H27NO7S/c1-29-19-10-7-17(8-11-19)20(25)16-31-23(26)18-9-12-21(30-2)22(15-18)32(27,28)24-13-5-3-4-6-14-24/h7-12,15H,3-6,13-14,16H2,1-2H3. The highest BCUT2D eigenvalue weighted by molar-refractivity contribution is 7.89. The summed E-state index contributed by atoms with van der Waals surface area (Å²) in [4.78, 5) is 24.8. The Labute approximate surface area is 188 Å². The summed E-state index contributed by atoms with van der Waals surface area (Å²) in [5.74, 6) is -0.413. The number of esters is 1. The van der Waals surface area contributed by atoms with Crippen LogP contribution in [0.25, 0.3) is 0 Å². The molecule has 3 rings (SSSR count). The third-order valence-corrected chi connectivity index (χ3v) is 7.25. The van der Waals surface area contributed by atoms with Gasteiger partial charge in [-0.25, -0.2) is 13.2 Å². The van der Waals surface area contributed by atoms with E-state index in [1.807, 2.05) is 0 Å². The van der Waals surface area contributed by atoms with E-state index in [1.54, 1.807) is 24.3 Å². The Hall–Kier alpha value is -2.91. The van der Waals surface area contributed by atoms with Gasteiger partial charge in [0.1, 0.15) is 16.4 Å². The van der Waals surface area contributed by atoms with E-state index < -0.39 is 22.6 Å². The van der Waals surface area contributed by atoms with Gasteiger partial charge in [-0.15, -0.1) is 0 Å². The van der Waals surface area contributed by atoms with Crippen LogP contribution in [0.5, 0.6) is 11.5 Å². The Morgan fingerprint density at radius 3 is 2.09 bits per heavy atom. The molecule has 0 N–H and O–H groups in total. The smallest absolute Gasteiger partial charge is 0.338 e. The van der Waals surface area contributed by atoms with Crippen LogP contribution in [0.2, 0.25) is 0 Å². The average molecular weight is 462 g/mol. The van der Waals surface area contributed by atoms with Crippen LogP contribution in [0, 0.1) is 0 Å². The van der Waals surface area contributed by atoms with Gasteiger partial charge in [-0.05, 0) is 55.3 Å². The van der Waals surface area contributed by atoms with Crippen molar-refractivity contribution in [3.05, 3.63) is 53.6 Å². The molecule has 2 aromatic rings. The number of carbonyl (C=O) groups excluding carboxylic acids is 2. The average Bonchev–Trinajstić information content (AvgIpc) is 3.12. The van der Waals surface area contributed by atoms with E-state index in [-0.39, 0.29) is 22.0 Å². The molecule has 1 heterocycles. The van der Waals surface area contributed by atoms with E-state index in [4.69, 9.17) is 14.2 Å². The van der Waals surface area contributed by atoms with E-state index in [2.05, 4.69) is 0 Å². The van der Waals surface area contributed by atoms with Gasteiger partial charge in [0.05, 0.1) is 19.8 Å². The van der Waals surface area contributed by atoms with Gasteiger partial charge in [0, 0.05) is 18.7 Å². The van der Waals surface area contributed by atoms with Crippen LogP contribution in [0.3, 0.4) is 0 Å². The zero-order valence-electron chi connectivity index (χ0n) is 18.2. The maximum atomic E-state index is 13.2. The second kappa shape index (κ2) is 10.6. The number of ketones is 1. The SMILES string of the molecule is COc1ccc(C(=O)COC(=O)c2ccc(OC)c(S(=O)(=O)N3CCCCCC3)c2)cc1. The molecule has 8 nitrogen and oxygen atoms in total. The molecule has 0 spiro atoms. The maximum Gasteiger partial charge on any atom is 0.338 e.